The van der Waals surface area contributed by atoms with E-state index in [1.807, 2.05) is 78.2 Å². The van der Waals surface area contributed by atoms with Crippen LogP contribution in [0.15, 0.2) is 78.2 Å². The first-order chi connectivity index (χ1) is 13.3. The van der Waals surface area contributed by atoms with E-state index in [0.29, 0.717) is 5.75 Å². The monoisotopic (exact) mass is 375 g/mol. The van der Waals surface area contributed by atoms with Crippen LogP contribution >= 0.6 is 11.3 Å². The van der Waals surface area contributed by atoms with Crippen LogP contribution in [0.4, 0.5) is 0 Å². The maximum atomic E-state index is 12.0. The van der Waals surface area contributed by atoms with E-state index >= 15 is 0 Å². The van der Waals surface area contributed by atoms with Crippen molar-refractivity contribution < 1.29 is 14.3 Å². The van der Waals surface area contributed by atoms with Gasteiger partial charge in [0.1, 0.15) is 17.4 Å². The molecular formula is C22H17NO3S. The van der Waals surface area contributed by atoms with Crippen LogP contribution in [-0.4, -0.2) is 17.6 Å². The number of aromatic nitrogens is 1. The minimum absolute atomic E-state index is 0.131. The van der Waals surface area contributed by atoms with Crippen LogP contribution in [0.25, 0.3) is 21.3 Å². The number of hydrogen-bond acceptors (Lipinski definition) is 5. The van der Waals surface area contributed by atoms with Gasteiger partial charge in [0.25, 0.3) is 0 Å². The molecule has 5 heteroatoms. The van der Waals surface area contributed by atoms with E-state index < -0.39 is 5.97 Å². The molecule has 1 aromatic heterocycles. The zero-order valence-corrected chi connectivity index (χ0v) is 15.3. The van der Waals surface area contributed by atoms with Gasteiger partial charge >= 0.3 is 5.97 Å². The fourth-order valence-corrected chi connectivity index (χ4v) is 3.49. The van der Waals surface area contributed by atoms with Gasteiger partial charge in [-0.3, -0.25) is 0 Å². The van der Waals surface area contributed by atoms with Crippen LogP contribution < -0.4 is 4.74 Å². The minimum Gasteiger partial charge on any atom is -0.482 e. The molecule has 0 unspecified atom stereocenters. The molecule has 0 radical (unpaired) electrons. The molecule has 0 fully saturated rings. The van der Waals surface area contributed by atoms with Gasteiger partial charge in [0.15, 0.2) is 6.61 Å². The number of thiazole rings is 1. The van der Waals surface area contributed by atoms with Gasteiger partial charge in [-0.15, -0.1) is 11.3 Å². The highest BCUT2D eigenvalue weighted by molar-refractivity contribution is 7.13. The molecule has 3 aromatic carbocycles. The van der Waals surface area contributed by atoms with Gasteiger partial charge in [-0.05, 0) is 22.9 Å². The third-order valence-electron chi connectivity index (χ3n) is 4.03. The molecule has 4 rings (SSSR count). The van der Waals surface area contributed by atoms with Crippen molar-refractivity contribution in [2.24, 2.45) is 0 Å². The van der Waals surface area contributed by atoms with Crippen LogP contribution in [0.1, 0.15) is 5.69 Å². The molecule has 0 amide bonds. The summed E-state index contributed by atoms with van der Waals surface area (Å²) < 4.78 is 10.8. The Morgan fingerprint density at radius 2 is 1.70 bits per heavy atom. The summed E-state index contributed by atoms with van der Waals surface area (Å²) in [5.74, 6) is 0.225. The van der Waals surface area contributed by atoms with Crippen molar-refractivity contribution in [1.82, 2.24) is 4.98 Å². The van der Waals surface area contributed by atoms with Crippen molar-refractivity contribution in [3.63, 3.8) is 0 Å². The number of esters is 1. The number of hydrogen-bond donors (Lipinski definition) is 0. The second-order valence-electron chi connectivity index (χ2n) is 5.97. The summed E-state index contributed by atoms with van der Waals surface area (Å²) in [6, 6.07) is 23.7. The summed E-state index contributed by atoms with van der Waals surface area (Å²) in [5, 5.41) is 5.01. The van der Waals surface area contributed by atoms with Crippen molar-refractivity contribution in [2.75, 3.05) is 6.61 Å². The highest BCUT2D eigenvalue weighted by Crippen LogP contribution is 2.24. The molecule has 0 atom stereocenters. The molecule has 0 saturated heterocycles. The lowest BCUT2D eigenvalue weighted by atomic mass is 10.1. The van der Waals surface area contributed by atoms with Crippen LogP contribution in [-0.2, 0) is 16.1 Å². The van der Waals surface area contributed by atoms with E-state index in [-0.39, 0.29) is 13.2 Å². The van der Waals surface area contributed by atoms with Gasteiger partial charge in [-0.25, -0.2) is 9.78 Å². The Morgan fingerprint density at radius 1 is 0.926 bits per heavy atom. The number of benzene rings is 3. The van der Waals surface area contributed by atoms with Gasteiger partial charge in [0, 0.05) is 10.9 Å². The van der Waals surface area contributed by atoms with Gasteiger partial charge in [0.2, 0.25) is 0 Å². The molecule has 0 saturated carbocycles. The van der Waals surface area contributed by atoms with E-state index in [4.69, 9.17) is 9.47 Å². The quantitative estimate of drug-likeness (QED) is 0.441. The Balaban J connectivity index is 1.30. The second kappa shape index (κ2) is 8.01. The largest absolute Gasteiger partial charge is 0.482 e. The number of ether oxygens (including phenoxy) is 2. The molecular weight excluding hydrogens is 358 g/mol. The zero-order chi connectivity index (χ0) is 18.5. The van der Waals surface area contributed by atoms with Crippen LogP contribution in [0, 0.1) is 0 Å². The zero-order valence-electron chi connectivity index (χ0n) is 14.5. The molecule has 0 aliphatic heterocycles. The number of fused-ring (bicyclic) bond motifs is 1. The average Bonchev–Trinajstić information content (AvgIpc) is 3.20. The number of nitrogens with zero attached hydrogens (tertiary/aromatic N) is 1. The number of carbonyl (C=O) groups excluding carboxylic acids is 1. The standard InChI is InChI=1S/C22H17NO3S/c24-21(14-25-20-11-10-16-6-4-5-9-18(16)12-20)26-13-19-15-27-22(23-19)17-7-2-1-3-8-17/h1-12,15H,13-14H2. The molecule has 0 spiro atoms. The summed E-state index contributed by atoms with van der Waals surface area (Å²) in [7, 11) is 0. The van der Waals surface area contributed by atoms with Crippen LogP contribution in [0.2, 0.25) is 0 Å². The number of rotatable bonds is 6. The fraction of sp³-hybridized carbons (Fsp3) is 0.0909. The summed E-state index contributed by atoms with van der Waals surface area (Å²) >= 11 is 1.53. The number of carbonyl (C=O) groups is 1. The molecule has 134 valence electrons. The molecule has 1 heterocycles. The third-order valence-corrected chi connectivity index (χ3v) is 4.97. The Labute approximate surface area is 161 Å². The summed E-state index contributed by atoms with van der Waals surface area (Å²) in [6.45, 7) is 0.0112. The van der Waals surface area contributed by atoms with Crippen molar-refractivity contribution in [3.05, 3.63) is 83.9 Å². The maximum Gasteiger partial charge on any atom is 0.344 e. The molecule has 0 N–H and O–H groups in total. The van der Waals surface area contributed by atoms with Crippen molar-refractivity contribution in [2.45, 2.75) is 6.61 Å². The highest BCUT2D eigenvalue weighted by atomic mass is 32.1. The molecule has 4 nitrogen and oxygen atoms in total. The van der Waals surface area contributed by atoms with Gasteiger partial charge < -0.3 is 9.47 Å². The lowest BCUT2D eigenvalue weighted by molar-refractivity contribution is -0.147. The van der Waals surface area contributed by atoms with E-state index in [2.05, 4.69) is 4.98 Å². The SMILES string of the molecule is O=C(COc1ccc2ccccc2c1)OCc1csc(-c2ccccc2)n1. The van der Waals surface area contributed by atoms with E-state index in [9.17, 15) is 4.79 Å². The topological polar surface area (TPSA) is 48.4 Å². The Hall–Kier alpha value is -3.18. The summed E-state index contributed by atoms with van der Waals surface area (Å²) in [5.41, 5.74) is 1.79. The van der Waals surface area contributed by atoms with Gasteiger partial charge in [-0.2, -0.15) is 0 Å². The summed E-state index contributed by atoms with van der Waals surface area (Å²) in [6.07, 6.45) is 0. The van der Waals surface area contributed by atoms with Crippen LogP contribution in [0.3, 0.4) is 0 Å². The molecule has 27 heavy (non-hydrogen) atoms. The lowest BCUT2D eigenvalue weighted by Gasteiger charge is -2.07. The third kappa shape index (κ3) is 4.33. The Morgan fingerprint density at radius 3 is 2.56 bits per heavy atom. The Kier molecular flexibility index (Phi) is 5.12. The first kappa shape index (κ1) is 17.2. The molecule has 0 aliphatic carbocycles. The Bertz CT molecular complexity index is 1060. The fourth-order valence-electron chi connectivity index (χ4n) is 2.68. The minimum atomic E-state index is -0.419. The maximum absolute atomic E-state index is 12.0. The first-order valence-corrected chi connectivity index (χ1v) is 9.43. The molecule has 0 bridgehead atoms. The predicted octanol–water partition coefficient (Wildman–Crippen LogP) is 5.09. The van der Waals surface area contributed by atoms with Crippen molar-refractivity contribution in [1.29, 1.82) is 0 Å². The average molecular weight is 375 g/mol. The van der Waals surface area contributed by atoms with E-state index in [0.717, 1.165) is 27.0 Å². The van der Waals surface area contributed by atoms with Crippen LogP contribution in [0.5, 0.6) is 5.75 Å². The second-order valence-corrected chi connectivity index (χ2v) is 6.83. The predicted molar refractivity (Wildman–Crippen MR) is 107 cm³/mol. The van der Waals surface area contributed by atoms with Gasteiger partial charge in [-0.1, -0.05) is 60.7 Å². The van der Waals surface area contributed by atoms with Crippen molar-refractivity contribution in [3.8, 4) is 16.3 Å². The first-order valence-electron chi connectivity index (χ1n) is 8.55. The van der Waals surface area contributed by atoms with Crippen molar-refractivity contribution >= 4 is 28.1 Å². The molecule has 0 aliphatic rings. The lowest BCUT2D eigenvalue weighted by Crippen LogP contribution is -2.14. The highest BCUT2D eigenvalue weighted by Gasteiger charge is 2.09. The normalized spacial score (nSPS) is 10.7. The van der Waals surface area contributed by atoms with E-state index in [1.54, 1.807) is 0 Å². The molecule has 4 aromatic rings. The van der Waals surface area contributed by atoms with Gasteiger partial charge in [0.05, 0.1) is 5.69 Å². The summed E-state index contributed by atoms with van der Waals surface area (Å²) in [4.78, 5) is 16.5. The smallest absolute Gasteiger partial charge is 0.344 e. The van der Waals surface area contributed by atoms with E-state index in [1.165, 1.54) is 11.3 Å².